The van der Waals surface area contributed by atoms with Gasteiger partial charge < -0.3 is 15.7 Å². The molecule has 0 bridgehead atoms. The van der Waals surface area contributed by atoms with Gasteiger partial charge >= 0.3 is 0 Å². The lowest BCUT2D eigenvalue weighted by molar-refractivity contribution is 0.0986. The van der Waals surface area contributed by atoms with Crippen LogP contribution >= 0.6 is 22.6 Å². The number of aromatic hydroxyl groups is 1. The fraction of sp³-hybridized carbons (Fsp3) is 0.188. The van der Waals surface area contributed by atoms with E-state index in [0.717, 1.165) is 15.7 Å². The van der Waals surface area contributed by atoms with Crippen LogP contribution in [0.3, 0.4) is 0 Å². The number of phenolic OH excluding ortho intramolecular Hbond substituents is 1. The molecule has 110 valence electrons. The third-order valence-electron chi connectivity index (χ3n) is 3.07. The van der Waals surface area contributed by atoms with Crippen LogP contribution in [0, 0.1) is 3.57 Å². The molecule has 0 atom stereocenters. The molecular weight excluding hydrogens is 379 g/mol. The Hall–Kier alpha value is -1.76. The maximum absolute atomic E-state index is 12.7. The van der Waals surface area contributed by atoms with Crippen LogP contribution in [0.25, 0.3) is 0 Å². The summed E-state index contributed by atoms with van der Waals surface area (Å²) in [4.78, 5) is 14.4. The number of nitrogens with zero attached hydrogens (tertiary/aromatic N) is 1. The number of nitrogens with two attached hydrogens (primary N) is 1. The molecule has 0 fully saturated rings. The molecular formula is C16H17IN2O2. The molecule has 0 spiro atoms. The van der Waals surface area contributed by atoms with E-state index in [1.807, 2.05) is 41.6 Å². The van der Waals surface area contributed by atoms with Crippen LogP contribution in [-0.2, 0) is 0 Å². The molecule has 5 heteroatoms. The van der Waals surface area contributed by atoms with Gasteiger partial charge in [0.1, 0.15) is 5.75 Å². The van der Waals surface area contributed by atoms with E-state index in [4.69, 9.17) is 5.73 Å². The largest absolute Gasteiger partial charge is 0.507 e. The van der Waals surface area contributed by atoms with Gasteiger partial charge in [-0.05, 0) is 65.4 Å². The van der Waals surface area contributed by atoms with Gasteiger partial charge in [-0.1, -0.05) is 13.0 Å². The fourth-order valence-electron chi connectivity index (χ4n) is 2.07. The van der Waals surface area contributed by atoms with E-state index in [0.29, 0.717) is 17.8 Å². The molecule has 0 radical (unpaired) electrons. The van der Waals surface area contributed by atoms with Crippen LogP contribution in [0.5, 0.6) is 5.75 Å². The van der Waals surface area contributed by atoms with Crippen molar-refractivity contribution >= 4 is 39.9 Å². The lowest BCUT2D eigenvalue weighted by atomic mass is 10.1. The summed E-state index contributed by atoms with van der Waals surface area (Å²) < 4.78 is 0.718. The van der Waals surface area contributed by atoms with E-state index >= 15 is 0 Å². The monoisotopic (exact) mass is 396 g/mol. The number of halogens is 1. The van der Waals surface area contributed by atoms with Crippen molar-refractivity contribution in [2.45, 2.75) is 13.3 Å². The molecule has 4 nitrogen and oxygen atoms in total. The summed E-state index contributed by atoms with van der Waals surface area (Å²) in [5.41, 5.74) is 7.64. The first-order valence-corrected chi connectivity index (χ1v) is 7.76. The standard InChI is InChI=1S/C16H17IN2O2/c1-2-8-19(13-5-3-4-12(18)10-13)16(21)11-6-7-14(17)15(20)9-11/h3-7,9-10,20H,2,8,18H2,1H3. The summed E-state index contributed by atoms with van der Waals surface area (Å²) in [5, 5.41) is 9.78. The van der Waals surface area contributed by atoms with E-state index in [2.05, 4.69) is 0 Å². The number of hydrogen-bond acceptors (Lipinski definition) is 3. The maximum atomic E-state index is 12.7. The van der Waals surface area contributed by atoms with E-state index in [9.17, 15) is 9.90 Å². The molecule has 0 unspecified atom stereocenters. The van der Waals surface area contributed by atoms with Crippen molar-refractivity contribution in [3.8, 4) is 5.75 Å². The second-order valence-corrected chi connectivity index (χ2v) is 5.88. The Bertz CT molecular complexity index is 658. The second kappa shape index (κ2) is 6.80. The smallest absolute Gasteiger partial charge is 0.258 e. The Labute approximate surface area is 137 Å². The number of benzene rings is 2. The van der Waals surface area contributed by atoms with E-state index in [1.54, 1.807) is 29.2 Å². The van der Waals surface area contributed by atoms with Gasteiger partial charge in [0.25, 0.3) is 5.91 Å². The highest BCUT2D eigenvalue weighted by molar-refractivity contribution is 14.1. The van der Waals surface area contributed by atoms with Gasteiger partial charge in [-0.3, -0.25) is 4.79 Å². The van der Waals surface area contributed by atoms with Crippen molar-refractivity contribution in [3.63, 3.8) is 0 Å². The summed E-state index contributed by atoms with van der Waals surface area (Å²) in [6.07, 6.45) is 0.830. The lowest BCUT2D eigenvalue weighted by Crippen LogP contribution is -2.31. The average molecular weight is 396 g/mol. The molecule has 0 aliphatic carbocycles. The Balaban J connectivity index is 2.37. The average Bonchev–Trinajstić information content (AvgIpc) is 2.47. The number of carbonyl (C=O) groups is 1. The minimum atomic E-state index is -0.144. The maximum Gasteiger partial charge on any atom is 0.258 e. The minimum absolute atomic E-state index is 0.116. The number of anilines is 2. The highest BCUT2D eigenvalue weighted by Crippen LogP contribution is 2.24. The number of amides is 1. The molecule has 21 heavy (non-hydrogen) atoms. The van der Waals surface area contributed by atoms with Crippen molar-refractivity contribution < 1.29 is 9.90 Å². The normalized spacial score (nSPS) is 10.4. The third kappa shape index (κ3) is 3.66. The minimum Gasteiger partial charge on any atom is -0.507 e. The highest BCUT2D eigenvalue weighted by atomic mass is 127. The summed E-state index contributed by atoms with van der Waals surface area (Å²) in [7, 11) is 0. The van der Waals surface area contributed by atoms with E-state index in [1.165, 1.54) is 6.07 Å². The third-order valence-corrected chi connectivity index (χ3v) is 3.98. The fourth-order valence-corrected chi connectivity index (χ4v) is 2.40. The molecule has 1 amide bonds. The number of hydrogen-bond donors (Lipinski definition) is 2. The van der Waals surface area contributed by atoms with Crippen molar-refractivity contribution in [2.75, 3.05) is 17.2 Å². The molecule has 0 heterocycles. The van der Waals surface area contributed by atoms with Crippen LogP contribution in [0.2, 0.25) is 0 Å². The summed E-state index contributed by atoms with van der Waals surface area (Å²) in [5.74, 6) is -0.0281. The molecule has 0 saturated heterocycles. The Morgan fingerprint density at radius 3 is 2.67 bits per heavy atom. The molecule has 0 aliphatic heterocycles. The van der Waals surface area contributed by atoms with Crippen LogP contribution in [0.1, 0.15) is 23.7 Å². The van der Waals surface area contributed by atoms with Gasteiger partial charge in [0, 0.05) is 23.5 Å². The Morgan fingerprint density at radius 2 is 2.05 bits per heavy atom. The topological polar surface area (TPSA) is 66.6 Å². The van der Waals surface area contributed by atoms with Crippen LogP contribution < -0.4 is 10.6 Å². The van der Waals surface area contributed by atoms with Crippen LogP contribution in [0.4, 0.5) is 11.4 Å². The molecule has 0 aliphatic rings. The zero-order valence-corrected chi connectivity index (χ0v) is 13.9. The van der Waals surface area contributed by atoms with Crippen LogP contribution in [0.15, 0.2) is 42.5 Å². The predicted octanol–water partition coefficient (Wildman–Crippen LogP) is 3.64. The van der Waals surface area contributed by atoms with Crippen molar-refractivity contribution in [2.24, 2.45) is 0 Å². The number of rotatable bonds is 4. The lowest BCUT2D eigenvalue weighted by Gasteiger charge is -2.23. The Kier molecular flexibility index (Phi) is 5.06. The van der Waals surface area contributed by atoms with Gasteiger partial charge in [0.15, 0.2) is 0 Å². The number of carbonyl (C=O) groups excluding carboxylic acids is 1. The molecule has 3 N–H and O–H groups in total. The summed E-state index contributed by atoms with van der Waals surface area (Å²) >= 11 is 2.02. The van der Waals surface area contributed by atoms with Crippen molar-refractivity contribution in [3.05, 3.63) is 51.6 Å². The number of nitrogen functional groups attached to an aromatic ring is 1. The SMILES string of the molecule is CCCN(C(=O)c1ccc(I)c(O)c1)c1cccc(N)c1. The zero-order valence-electron chi connectivity index (χ0n) is 11.7. The second-order valence-electron chi connectivity index (χ2n) is 4.72. The van der Waals surface area contributed by atoms with Gasteiger partial charge in [-0.15, -0.1) is 0 Å². The molecule has 2 aromatic rings. The molecule has 0 saturated carbocycles. The van der Waals surface area contributed by atoms with Gasteiger partial charge in [0.2, 0.25) is 0 Å². The molecule has 0 aromatic heterocycles. The van der Waals surface area contributed by atoms with E-state index < -0.39 is 0 Å². The van der Waals surface area contributed by atoms with Gasteiger partial charge in [-0.25, -0.2) is 0 Å². The van der Waals surface area contributed by atoms with Crippen molar-refractivity contribution in [1.29, 1.82) is 0 Å². The first kappa shape index (κ1) is 15.6. The van der Waals surface area contributed by atoms with E-state index in [-0.39, 0.29) is 11.7 Å². The zero-order chi connectivity index (χ0) is 15.4. The number of phenols is 1. The van der Waals surface area contributed by atoms with Gasteiger partial charge in [-0.2, -0.15) is 0 Å². The Morgan fingerprint density at radius 1 is 1.29 bits per heavy atom. The van der Waals surface area contributed by atoms with Crippen molar-refractivity contribution in [1.82, 2.24) is 0 Å². The quantitative estimate of drug-likeness (QED) is 0.613. The van der Waals surface area contributed by atoms with Crippen LogP contribution in [-0.4, -0.2) is 17.6 Å². The summed E-state index contributed by atoms with van der Waals surface area (Å²) in [6, 6.07) is 12.2. The predicted molar refractivity (Wildman–Crippen MR) is 93.6 cm³/mol. The first-order chi connectivity index (χ1) is 10.0. The summed E-state index contributed by atoms with van der Waals surface area (Å²) in [6.45, 7) is 2.60. The van der Waals surface area contributed by atoms with Gasteiger partial charge in [0.05, 0.1) is 3.57 Å². The molecule has 2 aromatic carbocycles. The molecule has 2 rings (SSSR count). The highest BCUT2D eigenvalue weighted by Gasteiger charge is 2.18. The first-order valence-electron chi connectivity index (χ1n) is 6.69.